The van der Waals surface area contributed by atoms with E-state index in [2.05, 4.69) is 15.5 Å². The Bertz CT molecular complexity index is 1090. The van der Waals surface area contributed by atoms with Crippen LogP contribution in [-0.4, -0.2) is 20.9 Å². The molecule has 0 unspecified atom stereocenters. The van der Waals surface area contributed by atoms with Crippen molar-refractivity contribution >= 4 is 34.2 Å². The highest BCUT2D eigenvalue weighted by molar-refractivity contribution is 6.34. The molecule has 0 spiro atoms. The van der Waals surface area contributed by atoms with Crippen molar-refractivity contribution in [3.63, 3.8) is 0 Å². The first-order chi connectivity index (χ1) is 14.6. The molecule has 3 aromatic rings. The van der Waals surface area contributed by atoms with Gasteiger partial charge in [-0.3, -0.25) is 4.79 Å². The summed E-state index contributed by atoms with van der Waals surface area (Å²) in [5.41, 5.74) is 3.15. The third-order valence-corrected chi connectivity index (χ3v) is 7.74. The summed E-state index contributed by atoms with van der Waals surface area (Å²) in [6, 6.07) is 13.4. The van der Waals surface area contributed by atoms with Crippen molar-refractivity contribution in [2.75, 3.05) is 5.32 Å². The number of fused-ring (bicyclic) bond motifs is 1. The predicted octanol–water partition coefficient (Wildman–Crippen LogP) is 5.62. The second-order valence-corrected chi connectivity index (χ2v) is 10.2. The second kappa shape index (κ2) is 6.81. The predicted molar refractivity (Wildman–Crippen MR) is 118 cm³/mol. The molecule has 2 aromatic carbocycles. The van der Waals surface area contributed by atoms with Crippen LogP contribution in [0.4, 0.5) is 5.69 Å². The van der Waals surface area contributed by atoms with Crippen molar-refractivity contribution < 1.29 is 4.79 Å². The van der Waals surface area contributed by atoms with Gasteiger partial charge >= 0.3 is 0 Å². The molecule has 1 amide bonds. The van der Waals surface area contributed by atoms with Crippen LogP contribution in [0.2, 0.25) is 5.02 Å². The van der Waals surface area contributed by atoms with Gasteiger partial charge in [-0.15, -0.1) is 10.2 Å². The van der Waals surface area contributed by atoms with Crippen LogP contribution in [0.3, 0.4) is 0 Å². The third kappa shape index (κ3) is 3.20. The standard InChI is InChI=1S/C24H25ClN4O/c25-19-9-21-22(28-29(27-21)18-4-2-1-3-5-18)10-20(19)26-23(30)14-24-11-15-6-16(12-24)8-17(7-15)13-24/h1-5,9-10,15-17H,6-8,11-14H2,(H,26,30). The lowest BCUT2D eigenvalue weighted by atomic mass is 9.49. The van der Waals surface area contributed by atoms with E-state index in [0.717, 1.165) is 23.4 Å². The zero-order valence-electron chi connectivity index (χ0n) is 16.9. The molecule has 4 fully saturated rings. The Kier molecular flexibility index (Phi) is 4.17. The lowest BCUT2D eigenvalue weighted by Crippen LogP contribution is -2.47. The van der Waals surface area contributed by atoms with Gasteiger partial charge in [-0.2, -0.15) is 4.80 Å². The minimum atomic E-state index is 0.0775. The van der Waals surface area contributed by atoms with E-state index in [1.807, 2.05) is 36.4 Å². The van der Waals surface area contributed by atoms with Gasteiger partial charge in [0.2, 0.25) is 5.91 Å². The SMILES string of the molecule is O=C(CC12CC3CC(CC(C3)C1)C2)Nc1cc2nn(-c3ccccc3)nc2cc1Cl. The number of amides is 1. The van der Waals surface area contributed by atoms with E-state index in [0.29, 0.717) is 28.2 Å². The van der Waals surface area contributed by atoms with Gasteiger partial charge in [0.15, 0.2) is 0 Å². The monoisotopic (exact) mass is 420 g/mol. The molecule has 5 nitrogen and oxygen atoms in total. The summed E-state index contributed by atoms with van der Waals surface area (Å²) < 4.78 is 0. The molecular formula is C24H25ClN4O. The number of anilines is 1. The maximum Gasteiger partial charge on any atom is 0.224 e. The van der Waals surface area contributed by atoms with E-state index < -0.39 is 0 Å². The average Bonchev–Trinajstić information content (AvgIpc) is 3.10. The van der Waals surface area contributed by atoms with Gasteiger partial charge in [-0.05, 0) is 86.0 Å². The number of para-hydroxylation sites is 1. The van der Waals surface area contributed by atoms with Gasteiger partial charge in [-0.25, -0.2) is 0 Å². The first kappa shape index (κ1) is 18.4. The quantitative estimate of drug-likeness (QED) is 0.595. The highest BCUT2D eigenvalue weighted by atomic mass is 35.5. The zero-order valence-corrected chi connectivity index (χ0v) is 17.6. The number of nitrogens with zero attached hydrogens (tertiary/aromatic N) is 3. The smallest absolute Gasteiger partial charge is 0.224 e. The van der Waals surface area contributed by atoms with Crippen LogP contribution in [0.15, 0.2) is 42.5 Å². The summed E-state index contributed by atoms with van der Waals surface area (Å²) >= 11 is 6.49. The van der Waals surface area contributed by atoms with Gasteiger partial charge < -0.3 is 5.32 Å². The molecule has 6 heteroatoms. The summed E-state index contributed by atoms with van der Waals surface area (Å²) in [7, 11) is 0. The first-order valence-corrected chi connectivity index (χ1v) is 11.3. The van der Waals surface area contributed by atoms with Crippen LogP contribution in [0.1, 0.15) is 44.9 Å². The first-order valence-electron chi connectivity index (χ1n) is 11.0. The van der Waals surface area contributed by atoms with E-state index in [4.69, 9.17) is 11.6 Å². The average molecular weight is 421 g/mol. The summed E-state index contributed by atoms with van der Waals surface area (Å²) in [5, 5.41) is 12.7. The molecule has 4 bridgehead atoms. The maximum atomic E-state index is 13.0. The van der Waals surface area contributed by atoms with E-state index >= 15 is 0 Å². The molecule has 1 heterocycles. The number of rotatable bonds is 4. The molecule has 1 aromatic heterocycles. The number of halogens is 1. The lowest BCUT2D eigenvalue weighted by Gasteiger charge is -2.56. The molecule has 4 aliphatic rings. The van der Waals surface area contributed by atoms with Gasteiger partial charge in [0, 0.05) is 6.42 Å². The van der Waals surface area contributed by atoms with Crippen LogP contribution in [-0.2, 0) is 4.79 Å². The fourth-order valence-electron chi connectivity index (χ4n) is 6.75. The highest BCUT2D eigenvalue weighted by Crippen LogP contribution is 2.61. The molecule has 7 rings (SSSR count). The molecule has 4 aliphatic carbocycles. The molecule has 1 N–H and O–H groups in total. The minimum Gasteiger partial charge on any atom is -0.325 e. The number of nitrogens with one attached hydrogen (secondary N) is 1. The Hall–Kier alpha value is -2.40. The Morgan fingerprint density at radius 3 is 2.23 bits per heavy atom. The number of hydrogen-bond acceptors (Lipinski definition) is 3. The Labute approximate surface area is 180 Å². The van der Waals surface area contributed by atoms with Crippen molar-refractivity contribution in [3.8, 4) is 5.69 Å². The third-order valence-electron chi connectivity index (χ3n) is 7.43. The largest absolute Gasteiger partial charge is 0.325 e. The van der Waals surface area contributed by atoms with E-state index in [1.165, 1.54) is 38.5 Å². The lowest BCUT2D eigenvalue weighted by molar-refractivity contribution is -0.124. The fourth-order valence-corrected chi connectivity index (χ4v) is 6.96. The van der Waals surface area contributed by atoms with Crippen molar-refractivity contribution in [1.29, 1.82) is 0 Å². The second-order valence-electron chi connectivity index (χ2n) is 9.79. The summed E-state index contributed by atoms with van der Waals surface area (Å²) in [4.78, 5) is 14.6. The van der Waals surface area contributed by atoms with Crippen LogP contribution in [0, 0.1) is 23.2 Å². The van der Waals surface area contributed by atoms with Gasteiger partial charge in [0.25, 0.3) is 0 Å². The maximum absolute atomic E-state index is 13.0. The van der Waals surface area contributed by atoms with Crippen LogP contribution in [0.25, 0.3) is 16.7 Å². The normalized spacial score (nSPS) is 29.4. The summed E-state index contributed by atoms with van der Waals surface area (Å²) in [5.74, 6) is 2.61. The Morgan fingerprint density at radius 1 is 1.00 bits per heavy atom. The molecule has 4 saturated carbocycles. The van der Waals surface area contributed by atoms with Crippen LogP contribution >= 0.6 is 11.6 Å². The van der Waals surface area contributed by atoms with Crippen LogP contribution in [0.5, 0.6) is 0 Å². The number of hydrogen-bond donors (Lipinski definition) is 1. The van der Waals surface area contributed by atoms with Crippen molar-refractivity contribution in [2.24, 2.45) is 23.2 Å². The molecule has 0 saturated heterocycles. The molecule has 0 aliphatic heterocycles. The van der Waals surface area contributed by atoms with Gasteiger partial charge in [-0.1, -0.05) is 29.8 Å². The van der Waals surface area contributed by atoms with Crippen molar-refractivity contribution in [3.05, 3.63) is 47.5 Å². The Balaban J connectivity index is 1.23. The highest BCUT2D eigenvalue weighted by Gasteiger charge is 2.51. The fraction of sp³-hybridized carbons (Fsp3) is 0.458. The van der Waals surface area contributed by atoms with Crippen LogP contribution < -0.4 is 5.32 Å². The van der Waals surface area contributed by atoms with E-state index in [9.17, 15) is 4.79 Å². The molecular weight excluding hydrogens is 396 g/mol. The van der Waals surface area contributed by atoms with Gasteiger partial charge in [0.05, 0.1) is 16.4 Å². The zero-order chi connectivity index (χ0) is 20.3. The molecule has 0 atom stereocenters. The number of carbonyl (C=O) groups is 1. The van der Waals surface area contributed by atoms with Crippen molar-refractivity contribution in [2.45, 2.75) is 44.9 Å². The summed E-state index contributed by atoms with van der Waals surface area (Å²) in [6.07, 6.45) is 8.46. The van der Waals surface area contributed by atoms with Gasteiger partial charge in [0.1, 0.15) is 11.0 Å². The van der Waals surface area contributed by atoms with E-state index in [1.54, 1.807) is 10.9 Å². The van der Waals surface area contributed by atoms with Crippen molar-refractivity contribution in [1.82, 2.24) is 15.0 Å². The molecule has 30 heavy (non-hydrogen) atoms. The summed E-state index contributed by atoms with van der Waals surface area (Å²) in [6.45, 7) is 0. The number of benzene rings is 2. The number of aromatic nitrogens is 3. The molecule has 0 radical (unpaired) electrons. The molecule has 154 valence electrons. The number of carbonyl (C=O) groups excluding carboxylic acids is 1. The minimum absolute atomic E-state index is 0.0775. The topological polar surface area (TPSA) is 59.8 Å². The Morgan fingerprint density at radius 2 is 1.60 bits per heavy atom. The van der Waals surface area contributed by atoms with E-state index in [-0.39, 0.29) is 11.3 Å².